The molecule has 0 saturated heterocycles. The zero-order chi connectivity index (χ0) is 15.5. The van der Waals surface area contributed by atoms with Crippen LogP contribution in [0.1, 0.15) is 10.4 Å². The Morgan fingerprint density at radius 1 is 1.14 bits per heavy atom. The molecule has 0 aliphatic rings. The van der Waals surface area contributed by atoms with E-state index in [1.54, 1.807) is 12.1 Å². The molecule has 21 heavy (non-hydrogen) atoms. The van der Waals surface area contributed by atoms with Crippen molar-refractivity contribution in [2.75, 3.05) is 5.32 Å². The van der Waals surface area contributed by atoms with Crippen molar-refractivity contribution in [3.05, 3.63) is 52.8 Å². The second-order valence-electron chi connectivity index (χ2n) is 3.90. The van der Waals surface area contributed by atoms with Gasteiger partial charge in [0.25, 0.3) is 5.91 Å². The number of rotatable bonds is 3. The van der Waals surface area contributed by atoms with E-state index in [9.17, 15) is 18.0 Å². The van der Waals surface area contributed by atoms with Crippen molar-refractivity contribution >= 4 is 27.5 Å². The lowest BCUT2D eigenvalue weighted by Crippen LogP contribution is -2.17. The third-order valence-electron chi connectivity index (χ3n) is 2.34. The summed E-state index contributed by atoms with van der Waals surface area (Å²) in [4.78, 5) is 15.8. The molecule has 1 N–H and O–H groups in total. The molecule has 0 aliphatic carbocycles. The van der Waals surface area contributed by atoms with Gasteiger partial charge in [-0.25, -0.2) is 4.98 Å². The van der Waals surface area contributed by atoms with Crippen LogP contribution >= 0.6 is 15.9 Å². The van der Waals surface area contributed by atoms with E-state index in [2.05, 4.69) is 31.0 Å². The van der Waals surface area contributed by atoms with E-state index in [4.69, 9.17) is 0 Å². The van der Waals surface area contributed by atoms with E-state index in [-0.39, 0.29) is 11.3 Å². The van der Waals surface area contributed by atoms with Crippen LogP contribution in [-0.2, 0) is 0 Å². The summed E-state index contributed by atoms with van der Waals surface area (Å²) in [5.74, 6) is -0.845. The van der Waals surface area contributed by atoms with E-state index < -0.39 is 12.3 Å². The number of carbonyl (C=O) groups is 1. The third-order valence-corrected chi connectivity index (χ3v) is 2.80. The number of benzene rings is 1. The van der Waals surface area contributed by atoms with Crippen molar-refractivity contribution in [3.63, 3.8) is 0 Å². The van der Waals surface area contributed by atoms with E-state index in [1.807, 2.05) is 0 Å². The van der Waals surface area contributed by atoms with Crippen LogP contribution in [-0.4, -0.2) is 17.3 Å². The first-order valence-corrected chi connectivity index (χ1v) is 6.41. The van der Waals surface area contributed by atoms with Crippen LogP contribution in [0.15, 0.2) is 47.2 Å². The molecule has 0 bridgehead atoms. The highest BCUT2D eigenvalue weighted by molar-refractivity contribution is 9.10. The number of amides is 1. The maximum atomic E-state index is 12.0. The lowest BCUT2D eigenvalue weighted by Gasteiger charge is -2.09. The summed E-state index contributed by atoms with van der Waals surface area (Å²) in [6.45, 7) is 0. The number of aromatic nitrogens is 1. The van der Waals surface area contributed by atoms with Gasteiger partial charge in [-0.15, -0.1) is 13.2 Å². The monoisotopic (exact) mass is 360 g/mol. The first kappa shape index (κ1) is 15.3. The minimum Gasteiger partial charge on any atom is -0.406 e. The van der Waals surface area contributed by atoms with Crippen LogP contribution in [0.25, 0.3) is 0 Å². The molecule has 2 rings (SSSR count). The van der Waals surface area contributed by atoms with Gasteiger partial charge >= 0.3 is 6.36 Å². The highest BCUT2D eigenvalue weighted by Crippen LogP contribution is 2.23. The minimum atomic E-state index is -4.76. The van der Waals surface area contributed by atoms with Crippen molar-refractivity contribution in [3.8, 4) is 5.75 Å². The fraction of sp³-hybridized carbons (Fsp3) is 0.0769. The normalized spacial score (nSPS) is 11.0. The molecule has 0 saturated carbocycles. The van der Waals surface area contributed by atoms with Gasteiger partial charge in [0.1, 0.15) is 10.4 Å². The molecule has 0 spiro atoms. The Hall–Kier alpha value is -2.09. The van der Waals surface area contributed by atoms with Crippen molar-refractivity contribution < 1.29 is 22.7 Å². The fourth-order valence-corrected chi connectivity index (χ4v) is 1.70. The first-order valence-electron chi connectivity index (χ1n) is 5.62. The number of anilines is 1. The van der Waals surface area contributed by atoms with Crippen molar-refractivity contribution in [1.29, 1.82) is 0 Å². The van der Waals surface area contributed by atoms with Crippen LogP contribution in [0.3, 0.4) is 0 Å². The van der Waals surface area contributed by atoms with Gasteiger partial charge in [0, 0.05) is 5.56 Å². The maximum Gasteiger partial charge on any atom is 0.573 e. The average Bonchev–Trinajstić information content (AvgIpc) is 2.40. The number of hydrogen-bond acceptors (Lipinski definition) is 3. The smallest absolute Gasteiger partial charge is 0.406 e. The molecule has 4 nitrogen and oxygen atoms in total. The quantitative estimate of drug-likeness (QED) is 0.841. The molecule has 0 radical (unpaired) electrons. The van der Waals surface area contributed by atoms with Gasteiger partial charge in [0.15, 0.2) is 0 Å². The topological polar surface area (TPSA) is 51.2 Å². The minimum absolute atomic E-state index is 0.201. The number of ether oxygens (including phenoxy) is 1. The Balaban J connectivity index is 2.04. The second kappa shape index (κ2) is 6.13. The van der Waals surface area contributed by atoms with Gasteiger partial charge in [0.05, 0.1) is 11.9 Å². The van der Waals surface area contributed by atoms with Crippen LogP contribution in [0, 0.1) is 0 Å². The second-order valence-corrected chi connectivity index (χ2v) is 4.71. The molecule has 0 aliphatic heterocycles. The number of halogens is 4. The molecule has 2 aromatic rings. The highest BCUT2D eigenvalue weighted by Gasteiger charge is 2.31. The van der Waals surface area contributed by atoms with Crippen molar-refractivity contribution in [2.45, 2.75) is 6.36 Å². The van der Waals surface area contributed by atoms with Crippen molar-refractivity contribution in [1.82, 2.24) is 4.98 Å². The zero-order valence-electron chi connectivity index (χ0n) is 10.3. The predicted octanol–water partition coefficient (Wildman–Crippen LogP) is 4.00. The molecular weight excluding hydrogens is 353 g/mol. The summed E-state index contributed by atoms with van der Waals surface area (Å²) >= 11 is 3.16. The predicted molar refractivity (Wildman–Crippen MR) is 73.0 cm³/mol. The molecule has 8 heteroatoms. The summed E-state index contributed by atoms with van der Waals surface area (Å²) in [6, 6.07) is 7.90. The van der Waals surface area contributed by atoms with Gasteiger partial charge in [-0.1, -0.05) is 0 Å². The van der Waals surface area contributed by atoms with Gasteiger partial charge in [-0.05, 0) is 52.3 Å². The molecule has 0 fully saturated rings. The molecule has 1 heterocycles. The maximum absolute atomic E-state index is 12.0. The van der Waals surface area contributed by atoms with Crippen LogP contribution in [0.2, 0.25) is 0 Å². The lowest BCUT2D eigenvalue weighted by molar-refractivity contribution is -0.274. The van der Waals surface area contributed by atoms with E-state index in [0.717, 1.165) is 12.1 Å². The number of hydrogen-bond donors (Lipinski definition) is 1. The van der Waals surface area contributed by atoms with Gasteiger partial charge in [-0.3, -0.25) is 4.79 Å². The summed E-state index contributed by atoms with van der Waals surface area (Å²) in [5, 5.41) is 2.57. The lowest BCUT2D eigenvalue weighted by atomic mass is 10.2. The Labute approximate surface area is 126 Å². The van der Waals surface area contributed by atoms with Gasteiger partial charge in [0.2, 0.25) is 0 Å². The molecular formula is C13H8BrF3N2O2. The summed E-state index contributed by atoms with van der Waals surface area (Å²) in [7, 11) is 0. The summed E-state index contributed by atoms with van der Waals surface area (Å²) in [5.41, 5.74) is 0.672. The molecule has 1 aromatic carbocycles. The van der Waals surface area contributed by atoms with Crippen LogP contribution < -0.4 is 10.1 Å². The number of nitrogens with zero attached hydrogens (tertiary/aromatic N) is 1. The first-order chi connectivity index (χ1) is 9.83. The highest BCUT2D eigenvalue weighted by atomic mass is 79.9. The van der Waals surface area contributed by atoms with Gasteiger partial charge < -0.3 is 10.1 Å². The van der Waals surface area contributed by atoms with Crippen LogP contribution in [0.4, 0.5) is 18.9 Å². The SMILES string of the molecule is O=C(Nc1ccc(Br)nc1)c1ccc(OC(F)(F)F)cc1. The largest absolute Gasteiger partial charge is 0.573 e. The molecule has 0 unspecified atom stereocenters. The Morgan fingerprint density at radius 2 is 1.81 bits per heavy atom. The van der Waals surface area contributed by atoms with Crippen LogP contribution in [0.5, 0.6) is 5.75 Å². The summed E-state index contributed by atoms with van der Waals surface area (Å²) < 4.78 is 40.4. The number of alkyl halides is 3. The third kappa shape index (κ3) is 4.75. The Morgan fingerprint density at radius 3 is 2.33 bits per heavy atom. The standard InChI is InChI=1S/C13H8BrF3N2O2/c14-11-6-3-9(7-18-11)19-12(20)8-1-4-10(5-2-8)21-13(15,16)17/h1-7H,(H,19,20). The Kier molecular flexibility index (Phi) is 4.46. The summed E-state index contributed by atoms with van der Waals surface area (Å²) in [6.07, 6.45) is -3.31. The van der Waals surface area contributed by atoms with E-state index >= 15 is 0 Å². The number of pyridine rings is 1. The average molecular weight is 361 g/mol. The molecule has 0 atom stereocenters. The zero-order valence-corrected chi connectivity index (χ0v) is 11.9. The molecule has 1 aromatic heterocycles. The molecule has 1 amide bonds. The molecule has 110 valence electrons. The van der Waals surface area contributed by atoms with Gasteiger partial charge in [-0.2, -0.15) is 0 Å². The van der Waals surface area contributed by atoms with Crippen molar-refractivity contribution in [2.24, 2.45) is 0 Å². The van der Waals surface area contributed by atoms with E-state index in [0.29, 0.717) is 10.3 Å². The van der Waals surface area contributed by atoms with E-state index in [1.165, 1.54) is 18.3 Å². The number of carbonyl (C=O) groups excluding carboxylic acids is 1. The fourth-order valence-electron chi connectivity index (χ4n) is 1.46. The number of nitrogens with one attached hydrogen (secondary N) is 1. The Bertz CT molecular complexity index is 627.